The smallest absolute Gasteiger partial charge is 0.352 e. The monoisotopic (exact) mass is 549 g/mol. The minimum absolute atomic E-state index is 0.0420. The van der Waals surface area contributed by atoms with Gasteiger partial charge in [-0.15, -0.1) is 23.1 Å². The van der Waals surface area contributed by atoms with Crippen LogP contribution in [0.15, 0.2) is 34.5 Å². The summed E-state index contributed by atoms with van der Waals surface area (Å²) in [5, 5.41) is 25.0. The summed E-state index contributed by atoms with van der Waals surface area (Å²) < 4.78 is 25.9. The van der Waals surface area contributed by atoms with Crippen molar-refractivity contribution < 1.29 is 47.2 Å². The van der Waals surface area contributed by atoms with Crippen LogP contribution in [0.1, 0.15) is 5.69 Å². The van der Waals surface area contributed by atoms with Gasteiger partial charge in [-0.1, -0.05) is 17.8 Å². The first kappa shape index (κ1) is 27.8. The van der Waals surface area contributed by atoms with Crippen LogP contribution >= 0.6 is 23.1 Å². The first-order valence-electron chi connectivity index (χ1n) is 9.14. The predicted molar refractivity (Wildman–Crippen MR) is 124 cm³/mol. The number of nitrogen functional groups attached to an aromatic ring is 1. The molecule has 1 saturated heterocycles. The maximum absolute atomic E-state index is 12.7. The molecule has 0 aliphatic carbocycles. The van der Waals surface area contributed by atoms with Crippen molar-refractivity contribution in [3.63, 3.8) is 0 Å². The van der Waals surface area contributed by atoms with Gasteiger partial charge in [0.25, 0.3) is 21.9 Å². The first-order chi connectivity index (χ1) is 16.2. The molecule has 0 spiro atoms. The number of nitrogens with one attached hydrogen (secondary N) is 1. The molecule has 3 heterocycles. The maximum Gasteiger partial charge on any atom is 0.352 e. The number of carboxylic acids is 2. The van der Waals surface area contributed by atoms with Gasteiger partial charge in [0.05, 0.1) is 6.26 Å². The molecule has 0 aromatic carbocycles. The van der Waals surface area contributed by atoms with Crippen molar-refractivity contribution in [3.05, 3.63) is 35.0 Å². The second kappa shape index (κ2) is 11.3. The number of rotatable bonds is 8. The molecule has 1 aromatic heterocycles. The highest BCUT2D eigenvalue weighted by molar-refractivity contribution is 8.00. The Kier molecular flexibility index (Phi) is 8.96. The Labute approximate surface area is 206 Å². The second-order valence-corrected chi connectivity index (χ2v) is 10.1. The van der Waals surface area contributed by atoms with Gasteiger partial charge < -0.3 is 26.1 Å². The standard InChI is InChI=1S/C16H15N5O7S2.CH4O3S/c1-2-6-4-29-14-10(13(25)21(14)11(6)15(26)27)19-12(24)9(20-28-3-8(22)23)7-5-30-16(17)18-7;1-5(2,3)4/h2,5,10,14H,1,3-4H2,(H2,17,18)(H,19,24)(H,22,23)(H,26,27);1H3,(H,2,3,4)/b20-9-;/t10-,14-;/m1./s1. The van der Waals surface area contributed by atoms with E-state index >= 15 is 0 Å². The number of aliphatic carboxylic acids is 2. The van der Waals surface area contributed by atoms with Crippen molar-refractivity contribution in [2.24, 2.45) is 5.16 Å². The predicted octanol–water partition coefficient (Wildman–Crippen LogP) is -1.04. The van der Waals surface area contributed by atoms with E-state index in [9.17, 15) is 32.7 Å². The summed E-state index contributed by atoms with van der Waals surface area (Å²) in [5.74, 6) is -3.72. The van der Waals surface area contributed by atoms with Crippen LogP contribution in [0.25, 0.3) is 0 Å². The van der Waals surface area contributed by atoms with Crippen molar-refractivity contribution in [2.75, 3.05) is 24.3 Å². The SMILES string of the molecule is C=CC1=C(C(=O)O)N2C(=O)[C@@H](NC(=O)/C(=N\OCC(=O)O)c3csc(N)n3)[C@H]2SC1.CS(=O)(=O)O. The van der Waals surface area contributed by atoms with E-state index in [0.29, 0.717) is 17.6 Å². The number of carboxylic acid groups (broad SMARTS) is 2. The van der Waals surface area contributed by atoms with E-state index < -0.39 is 51.9 Å². The van der Waals surface area contributed by atoms with Gasteiger partial charge in [-0.25, -0.2) is 14.6 Å². The fraction of sp³-hybridized carbons (Fsp3) is 0.294. The summed E-state index contributed by atoms with van der Waals surface area (Å²) in [7, 11) is -3.67. The molecule has 190 valence electrons. The van der Waals surface area contributed by atoms with Crippen LogP contribution in [0.2, 0.25) is 0 Å². The highest BCUT2D eigenvalue weighted by atomic mass is 32.2. The van der Waals surface area contributed by atoms with Crippen molar-refractivity contribution in [2.45, 2.75) is 11.4 Å². The van der Waals surface area contributed by atoms with Gasteiger partial charge in [0.2, 0.25) is 6.61 Å². The normalized spacial score (nSPS) is 19.5. The molecule has 2 atom stereocenters. The minimum atomic E-state index is -3.67. The third kappa shape index (κ3) is 7.25. The number of thioether (sulfide) groups is 1. The largest absolute Gasteiger partial charge is 0.479 e. The van der Waals surface area contributed by atoms with Gasteiger partial charge >= 0.3 is 11.9 Å². The zero-order chi connectivity index (χ0) is 26.5. The summed E-state index contributed by atoms with van der Waals surface area (Å²) in [4.78, 5) is 57.1. The van der Waals surface area contributed by atoms with Crippen LogP contribution in [0, 0.1) is 0 Å². The number of nitrogens with zero attached hydrogens (tertiary/aromatic N) is 3. The molecule has 2 aliphatic rings. The molecule has 1 fully saturated rings. The van der Waals surface area contributed by atoms with E-state index in [0.717, 1.165) is 16.2 Å². The van der Waals surface area contributed by atoms with Crippen LogP contribution < -0.4 is 11.1 Å². The highest BCUT2D eigenvalue weighted by Gasteiger charge is 2.54. The van der Waals surface area contributed by atoms with Crippen molar-refractivity contribution in [1.82, 2.24) is 15.2 Å². The molecule has 6 N–H and O–H groups in total. The van der Waals surface area contributed by atoms with Crippen LogP contribution in [-0.2, 0) is 34.1 Å². The summed E-state index contributed by atoms with van der Waals surface area (Å²) in [6, 6.07) is -1.01. The van der Waals surface area contributed by atoms with Crippen molar-refractivity contribution in [1.29, 1.82) is 0 Å². The molecular formula is C17H19N5O10S3. The lowest BCUT2D eigenvalue weighted by atomic mass is 10.0. The number of hydrogen-bond donors (Lipinski definition) is 5. The quantitative estimate of drug-likeness (QED) is 0.113. The van der Waals surface area contributed by atoms with Crippen LogP contribution in [0.3, 0.4) is 0 Å². The molecule has 0 unspecified atom stereocenters. The molecule has 2 amide bonds. The summed E-state index contributed by atoms with van der Waals surface area (Å²) >= 11 is 2.30. The Morgan fingerprint density at radius 1 is 1.43 bits per heavy atom. The average molecular weight is 550 g/mol. The number of anilines is 1. The molecule has 2 aliphatic heterocycles. The third-order valence-electron chi connectivity index (χ3n) is 4.06. The van der Waals surface area contributed by atoms with Gasteiger partial charge in [0, 0.05) is 11.1 Å². The number of nitrogens with two attached hydrogens (primary N) is 1. The Hall–Kier alpha value is -3.48. The first-order valence-corrected chi connectivity index (χ1v) is 12.9. The number of oxime groups is 1. The number of hydrogen-bond acceptors (Lipinski definition) is 12. The third-order valence-corrected chi connectivity index (χ3v) is 6.03. The molecule has 18 heteroatoms. The highest BCUT2D eigenvalue weighted by Crippen LogP contribution is 2.40. The van der Waals surface area contributed by atoms with Crippen molar-refractivity contribution in [3.8, 4) is 0 Å². The zero-order valence-corrected chi connectivity index (χ0v) is 20.2. The van der Waals surface area contributed by atoms with Crippen LogP contribution in [0.4, 0.5) is 5.13 Å². The number of aromatic nitrogens is 1. The van der Waals surface area contributed by atoms with Gasteiger partial charge in [-0.05, 0) is 5.57 Å². The topological polar surface area (TPSA) is 239 Å². The maximum atomic E-state index is 12.7. The number of carbonyl (C=O) groups excluding carboxylic acids is 2. The molecule has 0 bridgehead atoms. The Bertz CT molecular complexity index is 1210. The van der Waals surface area contributed by atoms with Gasteiger partial charge in [0.1, 0.15) is 22.8 Å². The fourth-order valence-corrected chi connectivity index (χ4v) is 4.65. The van der Waals surface area contributed by atoms with Crippen LogP contribution in [0.5, 0.6) is 0 Å². The number of allylic oxidation sites excluding steroid dienone is 1. The fourth-order valence-electron chi connectivity index (χ4n) is 2.76. The number of amides is 2. The molecule has 0 radical (unpaired) electrons. The number of fused-ring (bicyclic) bond motifs is 1. The number of thiazole rings is 1. The molecule has 3 rings (SSSR count). The molecular weight excluding hydrogens is 530 g/mol. The van der Waals surface area contributed by atoms with E-state index in [4.69, 9.17) is 15.4 Å². The number of carbonyl (C=O) groups is 4. The summed E-state index contributed by atoms with van der Waals surface area (Å²) in [5.41, 5.74) is 5.48. The number of β-lactam (4-membered cyclic amide) rings is 1. The van der Waals surface area contributed by atoms with Crippen LogP contribution in [-0.4, -0.2) is 92.6 Å². The van der Waals surface area contributed by atoms with E-state index in [1.54, 1.807) is 0 Å². The Balaban J connectivity index is 0.000000784. The van der Waals surface area contributed by atoms with E-state index in [-0.39, 0.29) is 22.2 Å². The Morgan fingerprint density at radius 3 is 2.54 bits per heavy atom. The molecule has 35 heavy (non-hydrogen) atoms. The lowest BCUT2D eigenvalue weighted by Crippen LogP contribution is -2.71. The van der Waals surface area contributed by atoms with Gasteiger partial charge in [0.15, 0.2) is 10.8 Å². The second-order valence-electron chi connectivity index (χ2n) is 6.66. The van der Waals surface area contributed by atoms with Crippen molar-refractivity contribution >= 4 is 67.8 Å². The van der Waals surface area contributed by atoms with E-state index in [1.807, 2.05) is 0 Å². The molecule has 0 saturated carbocycles. The van der Waals surface area contributed by atoms with Gasteiger partial charge in [-0.3, -0.25) is 19.0 Å². The molecule has 1 aromatic rings. The summed E-state index contributed by atoms with van der Waals surface area (Å²) in [6.45, 7) is 2.77. The summed E-state index contributed by atoms with van der Waals surface area (Å²) in [6.07, 6.45) is 2.09. The van der Waals surface area contributed by atoms with Gasteiger partial charge in [-0.2, -0.15) is 8.42 Å². The lowest BCUT2D eigenvalue weighted by molar-refractivity contribution is -0.150. The minimum Gasteiger partial charge on any atom is -0.479 e. The Morgan fingerprint density at radius 2 is 2.06 bits per heavy atom. The zero-order valence-electron chi connectivity index (χ0n) is 17.8. The average Bonchev–Trinajstić information content (AvgIpc) is 3.17. The molecule has 15 nitrogen and oxygen atoms in total. The van der Waals surface area contributed by atoms with E-state index in [2.05, 4.69) is 26.9 Å². The lowest BCUT2D eigenvalue weighted by Gasteiger charge is -2.49. The van der Waals surface area contributed by atoms with E-state index in [1.165, 1.54) is 23.2 Å².